The van der Waals surface area contributed by atoms with Crippen LogP contribution in [0.2, 0.25) is 10.0 Å². The summed E-state index contributed by atoms with van der Waals surface area (Å²) in [6, 6.07) is 20.3. The zero-order valence-electron chi connectivity index (χ0n) is 17.6. The lowest BCUT2D eigenvalue weighted by atomic mass is 10.1. The Morgan fingerprint density at radius 3 is 2.50 bits per heavy atom. The maximum absolute atomic E-state index is 13.2. The molecule has 0 N–H and O–H groups in total. The third kappa shape index (κ3) is 4.74. The molecule has 0 radical (unpaired) electrons. The Bertz CT molecular complexity index is 1290. The summed E-state index contributed by atoms with van der Waals surface area (Å²) in [5.41, 5.74) is 1.48. The fourth-order valence-corrected chi connectivity index (χ4v) is 3.83. The van der Waals surface area contributed by atoms with E-state index in [2.05, 4.69) is 0 Å². The van der Waals surface area contributed by atoms with Crippen LogP contribution >= 0.6 is 23.2 Å². The Labute approximate surface area is 196 Å². The molecule has 0 fully saturated rings. The first-order valence-electron chi connectivity index (χ1n) is 10.3. The van der Waals surface area contributed by atoms with Crippen LogP contribution in [0, 0.1) is 0 Å². The second-order valence-electron chi connectivity index (χ2n) is 7.25. The van der Waals surface area contributed by atoms with Crippen LogP contribution in [0.1, 0.15) is 12.8 Å². The number of halogens is 2. The van der Waals surface area contributed by atoms with Crippen molar-refractivity contribution in [1.29, 1.82) is 0 Å². The first kappa shape index (κ1) is 22.2. The number of hydrogen-bond acceptors (Lipinski definition) is 4. The summed E-state index contributed by atoms with van der Waals surface area (Å²) < 4.78 is 12.7. The molecule has 0 saturated carbocycles. The van der Waals surface area contributed by atoms with Crippen LogP contribution in [-0.4, -0.2) is 23.3 Å². The standard InChI is InChI=1S/C25H22Cl2N2O3/c1-31-18-13-11-17(12-14-18)24-28-21-9-3-2-7-19(21)25(30)29(24)15-4-5-16-32-22-10-6-8-20(26)23(22)27/h2-3,6-14H,4-5,15-16H2,1H3. The minimum Gasteiger partial charge on any atom is -0.497 e. The quantitative estimate of drug-likeness (QED) is 0.287. The minimum atomic E-state index is -0.0553. The second-order valence-corrected chi connectivity index (χ2v) is 8.03. The zero-order chi connectivity index (χ0) is 22.5. The summed E-state index contributed by atoms with van der Waals surface area (Å²) in [4.78, 5) is 18.0. The summed E-state index contributed by atoms with van der Waals surface area (Å²) in [5, 5.41) is 1.47. The molecule has 0 saturated heterocycles. The SMILES string of the molecule is COc1ccc(-c2nc3ccccc3c(=O)n2CCCCOc2cccc(Cl)c2Cl)cc1. The number of methoxy groups -OCH3 is 1. The second kappa shape index (κ2) is 10.1. The van der Waals surface area contributed by atoms with Gasteiger partial charge in [0.15, 0.2) is 0 Å². The molecule has 32 heavy (non-hydrogen) atoms. The minimum absolute atomic E-state index is 0.0553. The van der Waals surface area contributed by atoms with Crippen molar-refractivity contribution in [2.75, 3.05) is 13.7 Å². The van der Waals surface area contributed by atoms with E-state index in [1.54, 1.807) is 29.9 Å². The van der Waals surface area contributed by atoms with Gasteiger partial charge in [-0.2, -0.15) is 0 Å². The fourth-order valence-electron chi connectivity index (χ4n) is 3.49. The highest BCUT2D eigenvalue weighted by Gasteiger charge is 2.13. The van der Waals surface area contributed by atoms with Crippen LogP contribution in [-0.2, 0) is 6.54 Å². The Kier molecular flexibility index (Phi) is 6.98. The van der Waals surface area contributed by atoms with Gasteiger partial charge in [0.2, 0.25) is 0 Å². The Morgan fingerprint density at radius 2 is 1.72 bits per heavy atom. The van der Waals surface area contributed by atoms with Gasteiger partial charge in [-0.1, -0.05) is 41.4 Å². The van der Waals surface area contributed by atoms with E-state index in [0.29, 0.717) is 45.7 Å². The molecule has 0 unspecified atom stereocenters. The number of aromatic nitrogens is 2. The molecule has 7 heteroatoms. The molecule has 0 atom stereocenters. The third-order valence-corrected chi connectivity index (χ3v) is 5.96. The van der Waals surface area contributed by atoms with E-state index < -0.39 is 0 Å². The number of hydrogen-bond donors (Lipinski definition) is 0. The lowest BCUT2D eigenvalue weighted by Crippen LogP contribution is -2.24. The largest absolute Gasteiger partial charge is 0.497 e. The van der Waals surface area contributed by atoms with Gasteiger partial charge >= 0.3 is 0 Å². The number of para-hydroxylation sites is 1. The van der Waals surface area contributed by atoms with Crippen LogP contribution in [0.4, 0.5) is 0 Å². The van der Waals surface area contributed by atoms with Gasteiger partial charge in [0.1, 0.15) is 22.3 Å². The zero-order valence-corrected chi connectivity index (χ0v) is 19.1. The molecule has 5 nitrogen and oxygen atoms in total. The molecule has 0 spiro atoms. The van der Waals surface area contributed by atoms with Crippen molar-refractivity contribution in [3.05, 3.63) is 87.1 Å². The summed E-state index contributed by atoms with van der Waals surface area (Å²) in [5.74, 6) is 1.94. The fraction of sp³-hybridized carbons (Fsp3) is 0.200. The van der Waals surface area contributed by atoms with Gasteiger partial charge in [-0.3, -0.25) is 9.36 Å². The predicted octanol–water partition coefficient (Wildman–Crippen LogP) is 6.24. The molecule has 164 valence electrons. The predicted molar refractivity (Wildman–Crippen MR) is 129 cm³/mol. The summed E-state index contributed by atoms with van der Waals surface area (Å²) in [7, 11) is 1.62. The van der Waals surface area contributed by atoms with Crippen LogP contribution in [0.5, 0.6) is 11.5 Å². The molecule has 0 aliphatic rings. The number of fused-ring (bicyclic) bond motifs is 1. The van der Waals surface area contributed by atoms with Gasteiger partial charge in [-0.15, -0.1) is 0 Å². The Morgan fingerprint density at radius 1 is 0.938 bits per heavy atom. The molecule has 0 aliphatic carbocycles. The molecule has 0 bridgehead atoms. The average molecular weight is 469 g/mol. The number of nitrogens with zero attached hydrogens (tertiary/aromatic N) is 2. The number of ether oxygens (including phenoxy) is 2. The van der Waals surface area contributed by atoms with Gasteiger partial charge in [0.25, 0.3) is 5.56 Å². The van der Waals surface area contributed by atoms with E-state index in [1.165, 1.54) is 0 Å². The summed E-state index contributed by atoms with van der Waals surface area (Å²) >= 11 is 12.2. The van der Waals surface area contributed by atoms with Crippen molar-refractivity contribution < 1.29 is 9.47 Å². The van der Waals surface area contributed by atoms with Crippen molar-refractivity contribution in [1.82, 2.24) is 9.55 Å². The molecular formula is C25H22Cl2N2O3. The average Bonchev–Trinajstić information content (AvgIpc) is 2.82. The van der Waals surface area contributed by atoms with Crippen molar-refractivity contribution in [2.24, 2.45) is 0 Å². The van der Waals surface area contributed by atoms with Crippen molar-refractivity contribution in [3.8, 4) is 22.9 Å². The van der Waals surface area contributed by atoms with E-state index in [9.17, 15) is 4.79 Å². The molecular weight excluding hydrogens is 447 g/mol. The highest BCUT2D eigenvalue weighted by Crippen LogP contribution is 2.31. The smallest absolute Gasteiger partial charge is 0.261 e. The first-order valence-corrected chi connectivity index (χ1v) is 11.0. The summed E-state index contributed by atoms with van der Waals surface area (Å²) in [6.07, 6.45) is 1.48. The molecule has 4 aromatic rings. The van der Waals surface area contributed by atoms with Crippen molar-refractivity contribution in [2.45, 2.75) is 19.4 Å². The number of benzene rings is 3. The van der Waals surface area contributed by atoms with Crippen LogP contribution in [0.25, 0.3) is 22.3 Å². The van der Waals surface area contributed by atoms with Crippen molar-refractivity contribution in [3.63, 3.8) is 0 Å². The van der Waals surface area contributed by atoms with E-state index in [-0.39, 0.29) is 5.56 Å². The van der Waals surface area contributed by atoms with E-state index >= 15 is 0 Å². The monoisotopic (exact) mass is 468 g/mol. The first-order chi connectivity index (χ1) is 15.6. The lowest BCUT2D eigenvalue weighted by molar-refractivity contribution is 0.303. The molecule has 1 aromatic heterocycles. The molecule has 4 rings (SSSR count). The van der Waals surface area contributed by atoms with Crippen LogP contribution in [0.3, 0.4) is 0 Å². The molecule has 0 amide bonds. The third-order valence-electron chi connectivity index (χ3n) is 5.16. The van der Waals surface area contributed by atoms with Gasteiger partial charge in [0, 0.05) is 12.1 Å². The van der Waals surface area contributed by atoms with E-state index in [1.807, 2.05) is 48.5 Å². The van der Waals surface area contributed by atoms with E-state index in [0.717, 1.165) is 24.2 Å². The van der Waals surface area contributed by atoms with Gasteiger partial charge in [0.05, 0.1) is 29.6 Å². The van der Waals surface area contributed by atoms with E-state index in [4.69, 9.17) is 37.7 Å². The highest BCUT2D eigenvalue weighted by molar-refractivity contribution is 6.42. The topological polar surface area (TPSA) is 53.3 Å². The Balaban J connectivity index is 1.54. The van der Waals surface area contributed by atoms with Crippen molar-refractivity contribution >= 4 is 34.1 Å². The molecule has 1 heterocycles. The molecule has 0 aliphatic heterocycles. The van der Waals surface area contributed by atoms with Gasteiger partial charge < -0.3 is 9.47 Å². The normalized spacial score (nSPS) is 11.0. The summed E-state index contributed by atoms with van der Waals surface area (Å²) in [6.45, 7) is 0.984. The number of rotatable bonds is 8. The van der Waals surface area contributed by atoms with Crippen LogP contribution < -0.4 is 15.0 Å². The van der Waals surface area contributed by atoms with Crippen LogP contribution in [0.15, 0.2) is 71.5 Å². The number of unbranched alkanes of at least 4 members (excludes halogenated alkanes) is 1. The maximum Gasteiger partial charge on any atom is 0.261 e. The molecule has 3 aromatic carbocycles. The Hall–Kier alpha value is -3.02. The highest BCUT2D eigenvalue weighted by atomic mass is 35.5. The maximum atomic E-state index is 13.2. The lowest BCUT2D eigenvalue weighted by Gasteiger charge is -2.14. The van der Waals surface area contributed by atoms with Gasteiger partial charge in [-0.05, 0) is 61.4 Å². The van der Waals surface area contributed by atoms with Gasteiger partial charge in [-0.25, -0.2) is 4.98 Å².